The summed E-state index contributed by atoms with van der Waals surface area (Å²) in [5.74, 6) is 0.547. The van der Waals surface area contributed by atoms with Crippen LogP contribution < -0.4 is 0 Å². The smallest absolute Gasteiger partial charge is 0.320 e. The van der Waals surface area contributed by atoms with Crippen molar-refractivity contribution in [1.29, 1.82) is 0 Å². The van der Waals surface area contributed by atoms with Crippen LogP contribution in [0, 0.1) is 5.92 Å². The third-order valence-corrected chi connectivity index (χ3v) is 2.79. The van der Waals surface area contributed by atoms with E-state index in [0.717, 1.165) is 6.42 Å². The Labute approximate surface area is 71.7 Å². The molecule has 1 heterocycles. The molecule has 2 nitrogen and oxygen atoms in total. The van der Waals surface area contributed by atoms with Crippen LogP contribution in [0.3, 0.4) is 0 Å². The molecule has 0 radical (unpaired) electrons. The topological polar surface area (TPSA) is 26.3 Å². The molecule has 64 valence electrons. The highest BCUT2D eigenvalue weighted by Crippen LogP contribution is 2.31. The van der Waals surface area contributed by atoms with Crippen LogP contribution in [-0.4, -0.2) is 16.7 Å². The van der Waals surface area contributed by atoms with E-state index >= 15 is 0 Å². The predicted octanol–water partition coefficient (Wildman–Crippen LogP) is 2.04. The van der Waals surface area contributed by atoms with Crippen LogP contribution in [0.2, 0.25) is 0 Å². The Morgan fingerprint density at radius 1 is 1.64 bits per heavy atom. The summed E-state index contributed by atoms with van der Waals surface area (Å²) in [4.78, 5) is 10.9. The second kappa shape index (κ2) is 3.48. The maximum Gasteiger partial charge on any atom is 0.320 e. The van der Waals surface area contributed by atoms with Crippen molar-refractivity contribution in [2.75, 3.05) is 0 Å². The summed E-state index contributed by atoms with van der Waals surface area (Å²) in [6.45, 7) is 6.17. The average Bonchev–Trinajstić information content (AvgIpc) is 2.10. The minimum absolute atomic E-state index is 0.0405. The van der Waals surface area contributed by atoms with Gasteiger partial charge in [0, 0.05) is 0 Å². The Kier molecular flexibility index (Phi) is 2.82. The van der Waals surface area contributed by atoms with Crippen molar-refractivity contribution in [1.82, 2.24) is 0 Å². The van der Waals surface area contributed by atoms with Gasteiger partial charge in [0.05, 0.1) is 0 Å². The summed E-state index contributed by atoms with van der Waals surface area (Å²) in [6.07, 6.45) is 0.973. The molecule has 2 unspecified atom stereocenters. The van der Waals surface area contributed by atoms with Gasteiger partial charge in [-0.2, -0.15) is 0 Å². The summed E-state index contributed by atoms with van der Waals surface area (Å²) in [5, 5.41) is 0.0405. The molecule has 11 heavy (non-hydrogen) atoms. The molecular weight excluding hydrogens is 160 g/mol. The minimum atomic E-state index is -0.0550. The van der Waals surface area contributed by atoms with Gasteiger partial charge in [0.2, 0.25) is 0 Å². The molecular formula is C8H14O2S. The normalized spacial score (nSPS) is 31.1. The molecule has 0 spiro atoms. The molecule has 1 aliphatic rings. The number of esters is 1. The SMILES string of the molecule is CC(C)CC1OC(=O)C(C)S1. The zero-order valence-corrected chi connectivity index (χ0v) is 7.98. The van der Waals surface area contributed by atoms with E-state index in [1.165, 1.54) is 0 Å². The zero-order chi connectivity index (χ0) is 8.43. The number of hydrogen-bond donors (Lipinski definition) is 0. The van der Waals surface area contributed by atoms with Gasteiger partial charge in [-0.05, 0) is 19.3 Å². The summed E-state index contributed by atoms with van der Waals surface area (Å²) < 4.78 is 5.11. The molecule has 0 aromatic carbocycles. The number of rotatable bonds is 2. The van der Waals surface area contributed by atoms with Crippen LogP contribution in [0.4, 0.5) is 0 Å². The van der Waals surface area contributed by atoms with Crippen LogP contribution in [-0.2, 0) is 9.53 Å². The number of cyclic esters (lactones) is 1. The number of carbonyl (C=O) groups is 1. The van der Waals surface area contributed by atoms with E-state index in [9.17, 15) is 4.79 Å². The summed E-state index contributed by atoms with van der Waals surface area (Å²) in [7, 11) is 0. The highest BCUT2D eigenvalue weighted by Gasteiger charge is 2.31. The molecule has 1 rings (SSSR count). The lowest BCUT2D eigenvalue weighted by atomic mass is 10.1. The molecule has 3 heteroatoms. The number of carbonyl (C=O) groups excluding carboxylic acids is 1. The maximum atomic E-state index is 10.9. The monoisotopic (exact) mass is 174 g/mol. The van der Waals surface area contributed by atoms with Crippen LogP contribution in [0.1, 0.15) is 27.2 Å². The van der Waals surface area contributed by atoms with E-state index in [-0.39, 0.29) is 16.7 Å². The lowest BCUT2D eigenvalue weighted by molar-refractivity contribution is -0.142. The van der Waals surface area contributed by atoms with Gasteiger partial charge >= 0.3 is 5.97 Å². The van der Waals surface area contributed by atoms with Crippen LogP contribution in [0.5, 0.6) is 0 Å². The van der Waals surface area contributed by atoms with E-state index < -0.39 is 0 Å². The zero-order valence-electron chi connectivity index (χ0n) is 7.16. The predicted molar refractivity (Wildman–Crippen MR) is 46.4 cm³/mol. The van der Waals surface area contributed by atoms with Crippen LogP contribution in [0.25, 0.3) is 0 Å². The Bertz CT molecular complexity index is 156. The van der Waals surface area contributed by atoms with Crippen molar-refractivity contribution in [2.45, 2.75) is 37.9 Å². The third-order valence-electron chi connectivity index (χ3n) is 1.60. The van der Waals surface area contributed by atoms with Crippen molar-refractivity contribution in [2.24, 2.45) is 5.92 Å². The fourth-order valence-corrected chi connectivity index (χ4v) is 2.29. The fourth-order valence-electron chi connectivity index (χ4n) is 1.02. The summed E-state index contributed by atoms with van der Waals surface area (Å²) in [5.41, 5.74) is 0.109. The van der Waals surface area contributed by atoms with E-state index in [1.54, 1.807) is 11.8 Å². The Balaban J connectivity index is 2.35. The largest absolute Gasteiger partial charge is 0.450 e. The van der Waals surface area contributed by atoms with Gasteiger partial charge < -0.3 is 4.74 Å². The summed E-state index contributed by atoms with van der Waals surface area (Å²) >= 11 is 1.63. The van der Waals surface area contributed by atoms with Gasteiger partial charge in [0.1, 0.15) is 10.7 Å². The van der Waals surface area contributed by atoms with Crippen LogP contribution in [0.15, 0.2) is 0 Å². The van der Waals surface area contributed by atoms with Gasteiger partial charge in [0.15, 0.2) is 0 Å². The molecule has 1 fully saturated rings. The number of ether oxygens (including phenoxy) is 1. The molecule has 1 saturated heterocycles. The first-order valence-electron chi connectivity index (χ1n) is 3.95. The average molecular weight is 174 g/mol. The quantitative estimate of drug-likeness (QED) is 0.599. The third kappa shape index (κ3) is 2.40. The van der Waals surface area contributed by atoms with Crippen molar-refractivity contribution in [3.63, 3.8) is 0 Å². The fraction of sp³-hybridized carbons (Fsp3) is 0.875. The van der Waals surface area contributed by atoms with Gasteiger partial charge in [-0.25, -0.2) is 0 Å². The van der Waals surface area contributed by atoms with E-state index in [0.29, 0.717) is 5.92 Å². The minimum Gasteiger partial charge on any atom is -0.450 e. The van der Waals surface area contributed by atoms with Gasteiger partial charge in [-0.15, -0.1) is 11.8 Å². The van der Waals surface area contributed by atoms with E-state index in [2.05, 4.69) is 13.8 Å². The highest BCUT2D eigenvalue weighted by atomic mass is 32.2. The molecule has 0 aromatic rings. The Hall–Kier alpha value is -0.180. The Morgan fingerprint density at radius 2 is 2.27 bits per heavy atom. The molecule has 0 N–H and O–H groups in total. The van der Waals surface area contributed by atoms with Gasteiger partial charge in [-0.3, -0.25) is 4.79 Å². The first-order valence-corrected chi connectivity index (χ1v) is 4.90. The van der Waals surface area contributed by atoms with Crippen molar-refractivity contribution in [3.05, 3.63) is 0 Å². The van der Waals surface area contributed by atoms with Crippen molar-refractivity contribution < 1.29 is 9.53 Å². The molecule has 0 amide bonds. The Morgan fingerprint density at radius 3 is 2.64 bits per heavy atom. The van der Waals surface area contributed by atoms with E-state index in [1.807, 2.05) is 6.92 Å². The number of thioether (sulfide) groups is 1. The first-order chi connectivity index (χ1) is 5.09. The number of hydrogen-bond acceptors (Lipinski definition) is 3. The molecule has 0 aliphatic carbocycles. The lowest BCUT2D eigenvalue weighted by Gasteiger charge is -2.09. The van der Waals surface area contributed by atoms with Crippen LogP contribution >= 0.6 is 11.8 Å². The first kappa shape index (κ1) is 8.91. The molecule has 2 atom stereocenters. The van der Waals surface area contributed by atoms with Crippen molar-refractivity contribution in [3.8, 4) is 0 Å². The standard InChI is InChI=1S/C8H14O2S/c1-5(2)4-7-10-8(9)6(3)11-7/h5-7H,4H2,1-3H3. The van der Waals surface area contributed by atoms with Crippen molar-refractivity contribution >= 4 is 17.7 Å². The van der Waals surface area contributed by atoms with E-state index in [4.69, 9.17) is 4.74 Å². The van der Waals surface area contributed by atoms with Gasteiger partial charge in [-0.1, -0.05) is 13.8 Å². The molecule has 1 aliphatic heterocycles. The summed E-state index contributed by atoms with van der Waals surface area (Å²) in [6, 6.07) is 0. The van der Waals surface area contributed by atoms with Gasteiger partial charge in [0.25, 0.3) is 0 Å². The second-order valence-corrected chi connectivity index (χ2v) is 4.78. The maximum absolute atomic E-state index is 10.9. The molecule has 0 bridgehead atoms. The second-order valence-electron chi connectivity index (χ2n) is 3.27. The highest BCUT2D eigenvalue weighted by molar-refractivity contribution is 8.01. The molecule has 0 aromatic heterocycles. The molecule has 0 saturated carbocycles. The lowest BCUT2D eigenvalue weighted by Crippen LogP contribution is -2.09.